The van der Waals surface area contributed by atoms with Crippen molar-refractivity contribution < 1.29 is 4.79 Å². The minimum absolute atomic E-state index is 0.00273. The van der Waals surface area contributed by atoms with Gasteiger partial charge >= 0.3 is 0 Å². The van der Waals surface area contributed by atoms with Crippen LogP contribution in [0.15, 0.2) is 5.38 Å². The number of aromatic nitrogens is 1. The van der Waals surface area contributed by atoms with Crippen LogP contribution in [0.3, 0.4) is 0 Å². The van der Waals surface area contributed by atoms with Crippen LogP contribution in [0.1, 0.15) is 43.1 Å². The van der Waals surface area contributed by atoms with Crippen molar-refractivity contribution in [3.8, 4) is 0 Å². The summed E-state index contributed by atoms with van der Waals surface area (Å²) in [5.41, 5.74) is 6.03. The van der Waals surface area contributed by atoms with Gasteiger partial charge in [-0.1, -0.05) is 19.8 Å². The molecule has 1 fully saturated rings. The predicted octanol–water partition coefficient (Wildman–Crippen LogP) is 2.38. The fourth-order valence-corrected chi connectivity index (χ4v) is 3.02. The summed E-state index contributed by atoms with van der Waals surface area (Å²) in [7, 11) is 1.88. The molecule has 0 saturated heterocycles. The molecule has 1 saturated carbocycles. The molecule has 2 rings (SSSR count). The van der Waals surface area contributed by atoms with E-state index in [-0.39, 0.29) is 5.91 Å². The second-order valence-electron chi connectivity index (χ2n) is 4.91. The van der Waals surface area contributed by atoms with E-state index >= 15 is 0 Å². The third-order valence-electron chi connectivity index (χ3n) is 3.52. The second-order valence-corrected chi connectivity index (χ2v) is 5.80. The SMILES string of the molecule is CC1CCCC(N(C)C(=O)c2csc(N)n2)C1. The van der Waals surface area contributed by atoms with Gasteiger partial charge in [0, 0.05) is 18.5 Å². The lowest BCUT2D eigenvalue weighted by molar-refractivity contribution is 0.0667. The maximum absolute atomic E-state index is 12.2. The Kier molecular flexibility index (Phi) is 3.66. The van der Waals surface area contributed by atoms with Crippen LogP contribution in [0.4, 0.5) is 5.13 Å². The molecule has 1 heterocycles. The monoisotopic (exact) mass is 253 g/mol. The minimum Gasteiger partial charge on any atom is -0.375 e. The molecule has 2 unspecified atom stereocenters. The Bertz CT molecular complexity index is 404. The van der Waals surface area contributed by atoms with Gasteiger partial charge in [-0.05, 0) is 18.8 Å². The summed E-state index contributed by atoms with van der Waals surface area (Å²) in [5, 5.41) is 2.19. The Labute approximate surface area is 106 Å². The van der Waals surface area contributed by atoms with Crippen molar-refractivity contribution in [2.75, 3.05) is 12.8 Å². The second kappa shape index (κ2) is 5.04. The number of thiazole rings is 1. The number of nitrogens with two attached hydrogens (primary N) is 1. The lowest BCUT2D eigenvalue weighted by Crippen LogP contribution is -2.40. The first-order valence-electron chi connectivity index (χ1n) is 6.06. The molecular weight excluding hydrogens is 234 g/mol. The Morgan fingerprint density at radius 2 is 2.35 bits per heavy atom. The normalized spacial score (nSPS) is 24.6. The smallest absolute Gasteiger partial charge is 0.273 e. The summed E-state index contributed by atoms with van der Waals surface area (Å²) >= 11 is 1.32. The summed E-state index contributed by atoms with van der Waals surface area (Å²) in [4.78, 5) is 18.1. The summed E-state index contributed by atoms with van der Waals surface area (Å²) in [5.74, 6) is 0.710. The molecule has 1 aromatic rings. The first-order chi connectivity index (χ1) is 8.08. The Morgan fingerprint density at radius 1 is 1.59 bits per heavy atom. The third kappa shape index (κ3) is 2.77. The number of hydrogen-bond donors (Lipinski definition) is 1. The van der Waals surface area contributed by atoms with Crippen molar-refractivity contribution in [3.05, 3.63) is 11.1 Å². The predicted molar refractivity (Wildman–Crippen MR) is 70.0 cm³/mol. The maximum atomic E-state index is 12.2. The van der Waals surface area contributed by atoms with Gasteiger partial charge in [0.05, 0.1) is 0 Å². The zero-order valence-electron chi connectivity index (χ0n) is 10.3. The highest BCUT2D eigenvalue weighted by molar-refractivity contribution is 7.13. The maximum Gasteiger partial charge on any atom is 0.273 e. The molecule has 1 aromatic heterocycles. The first kappa shape index (κ1) is 12.4. The number of carbonyl (C=O) groups is 1. The molecular formula is C12H19N3OS. The van der Waals surface area contributed by atoms with Crippen LogP contribution in [0, 0.1) is 5.92 Å². The van der Waals surface area contributed by atoms with Gasteiger partial charge in [-0.3, -0.25) is 4.79 Å². The van der Waals surface area contributed by atoms with E-state index in [9.17, 15) is 4.79 Å². The van der Waals surface area contributed by atoms with Gasteiger partial charge in [0.25, 0.3) is 5.91 Å². The van der Waals surface area contributed by atoms with Crippen LogP contribution in [0.5, 0.6) is 0 Å². The van der Waals surface area contributed by atoms with Gasteiger partial charge in [0.1, 0.15) is 5.69 Å². The van der Waals surface area contributed by atoms with E-state index in [2.05, 4.69) is 11.9 Å². The summed E-state index contributed by atoms with van der Waals surface area (Å²) in [6.45, 7) is 2.26. The molecule has 94 valence electrons. The van der Waals surface area contributed by atoms with Crippen LogP contribution in [0.25, 0.3) is 0 Å². The van der Waals surface area contributed by atoms with E-state index < -0.39 is 0 Å². The van der Waals surface area contributed by atoms with Crippen molar-refractivity contribution in [2.24, 2.45) is 5.92 Å². The van der Waals surface area contributed by atoms with Gasteiger partial charge in [-0.2, -0.15) is 0 Å². The number of hydrogen-bond acceptors (Lipinski definition) is 4. The largest absolute Gasteiger partial charge is 0.375 e. The topological polar surface area (TPSA) is 59.2 Å². The number of rotatable bonds is 2. The summed E-state index contributed by atoms with van der Waals surface area (Å²) in [6.07, 6.45) is 4.69. The standard InChI is InChI=1S/C12H19N3OS/c1-8-4-3-5-9(6-8)15(2)11(16)10-7-17-12(13)14-10/h7-9H,3-6H2,1-2H3,(H2,13,14). The quantitative estimate of drug-likeness (QED) is 0.880. The average Bonchev–Trinajstić information content (AvgIpc) is 2.74. The van der Waals surface area contributed by atoms with Gasteiger partial charge in [-0.15, -0.1) is 11.3 Å². The fraction of sp³-hybridized carbons (Fsp3) is 0.667. The van der Waals surface area contributed by atoms with E-state index in [0.717, 1.165) is 12.8 Å². The van der Waals surface area contributed by atoms with E-state index in [1.54, 1.807) is 5.38 Å². The molecule has 1 aliphatic rings. The van der Waals surface area contributed by atoms with Crippen LogP contribution in [-0.2, 0) is 0 Å². The van der Waals surface area contributed by atoms with Crippen LogP contribution in [0.2, 0.25) is 0 Å². The number of amides is 1. The number of carbonyl (C=O) groups excluding carboxylic acids is 1. The Balaban J connectivity index is 2.04. The van der Waals surface area contributed by atoms with Gasteiger partial charge in [-0.25, -0.2) is 4.98 Å². The molecule has 0 bridgehead atoms. The highest BCUT2D eigenvalue weighted by Crippen LogP contribution is 2.27. The van der Waals surface area contributed by atoms with E-state index in [0.29, 0.717) is 22.8 Å². The van der Waals surface area contributed by atoms with Gasteiger partial charge in [0.2, 0.25) is 0 Å². The lowest BCUT2D eigenvalue weighted by atomic mass is 9.86. The molecule has 5 heteroatoms. The number of nitrogens with zero attached hydrogens (tertiary/aromatic N) is 2. The fourth-order valence-electron chi connectivity index (χ4n) is 2.49. The zero-order valence-corrected chi connectivity index (χ0v) is 11.2. The summed E-state index contributed by atoms with van der Waals surface area (Å²) in [6, 6.07) is 0.356. The van der Waals surface area contributed by atoms with Gasteiger partial charge in [0.15, 0.2) is 5.13 Å². The average molecular weight is 253 g/mol. The van der Waals surface area contributed by atoms with Gasteiger partial charge < -0.3 is 10.6 Å². The molecule has 0 aromatic carbocycles. The van der Waals surface area contributed by atoms with Crippen molar-refractivity contribution >= 4 is 22.4 Å². The highest BCUT2D eigenvalue weighted by Gasteiger charge is 2.26. The van der Waals surface area contributed by atoms with Crippen LogP contribution >= 0.6 is 11.3 Å². The highest BCUT2D eigenvalue weighted by atomic mass is 32.1. The third-order valence-corrected chi connectivity index (χ3v) is 4.19. The molecule has 2 atom stereocenters. The van der Waals surface area contributed by atoms with Crippen molar-refractivity contribution in [2.45, 2.75) is 38.6 Å². The molecule has 0 radical (unpaired) electrons. The molecule has 0 aliphatic heterocycles. The minimum atomic E-state index is -0.00273. The molecule has 1 aliphatic carbocycles. The molecule has 17 heavy (non-hydrogen) atoms. The molecule has 1 amide bonds. The Hall–Kier alpha value is -1.10. The van der Waals surface area contributed by atoms with Crippen LogP contribution < -0.4 is 5.73 Å². The van der Waals surface area contributed by atoms with Crippen molar-refractivity contribution in [1.82, 2.24) is 9.88 Å². The number of anilines is 1. The number of nitrogen functional groups attached to an aromatic ring is 1. The summed E-state index contributed by atoms with van der Waals surface area (Å²) < 4.78 is 0. The van der Waals surface area contributed by atoms with E-state index in [1.807, 2.05) is 11.9 Å². The zero-order chi connectivity index (χ0) is 12.4. The van der Waals surface area contributed by atoms with Crippen molar-refractivity contribution in [1.29, 1.82) is 0 Å². The molecule has 0 spiro atoms. The Morgan fingerprint density at radius 3 is 2.94 bits per heavy atom. The molecule has 2 N–H and O–H groups in total. The first-order valence-corrected chi connectivity index (χ1v) is 6.94. The van der Waals surface area contributed by atoms with Crippen molar-refractivity contribution in [3.63, 3.8) is 0 Å². The lowest BCUT2D eigenvalue weighted by Gasteiger charge is -2.33. The van der Waals surface area contributed by atoms with E-state index in [1.165, 1.54) is 24.2 Å². The van der Waals surface area contributed by atoms with Crippen LogP contribution in [-0.4, -0.2) is 28.9 Å². The van der Waals surface area contributed by atoms with E-state index in [4.69, 9.17) is 5.73 Å². The molecule has 4 nitrogen and oxygen atoms in total.